The number of methoxy groups -OCH3 is 1. The number of halogens is 2. The van der Waals surface area contributed by atoms with Crippen molar-refractivity contribution in [2.75, 3.05) is 7.11 Å². The highest BCUT2D eigenvalue weighted by atomic mass is 32.2. The molecular formula is C21H20F2N2O2S. The molecule has 0 spiro atoms. The van der Waals surface area contributed by atoms with Gasteiger partial charge in [-0.2, -0.15) is 4.98 Å². The minimum absolute atomic E-state index is 0.157. The second-order valence-corrected chi connectivity index (χ2v) is 7.29. The van der Waals surface area contributed by atoms with E-state index in [1.807, 2.05) is 26.0 Å². The van der Waals surface area contributed by atoms with Crippen LogP contribution in [0.4, 0.5) is 8.78 Å². The Morgan fingerprint density at radius 1 is 1.00 bits per heavy atom. The van der Waals surface area contributed by atoms with Crippen LogP contribution in [0, 0.1) is 11.6 Å². The van der Waals surface area contributed by atoms with Crippen molar-refractivity contribution in [3.05, 3.63) is 71.4 Å². The molecule has 0 amide bonds. The van der Waals surface area contributed by atoms with Gasteiger partial charge >= 0.3 is 0 Å². The van der Waals surface area contributed by atoms with Gasteiger partial charge in [0, 0.05) is 17.9 Å². The lowest BCUT2D eigenvalue weighted by molar-refractivity contribution is 0.372. The number of nitrogens with zero attached hydrogens (tertiary/aromatic N) is 2. The van der Waals surface area contributed by atoms with E-state index in [1.54, 1.807) is 25.3 Å². The van der Waals surface area contributed by atoms with Crippen LogP contribution >= 0.6 is 11.8 Å². The fourth-order valence-corrected chi connectivity index (χ4v) is 3.27. The zero-order valence-corrected chi connectivity index (χ0v) is 16.6. The fraction of sp³-hybridized carbons (Fsp3) is 0.238. The van der Waals surface area contributed by atoms with Gasteiger partial charge in [0.2, 0.25) is 5.88 Å². The normalized spacial score (nSPS) is 10.9. The smallest absolute Gasteiger partial charge is 0.223 e. The standard InChI is InChI=1S/C21H20F2N2O2S/c1-13(2)17-11-20(27-19-7-5-4-6-18(19)26-3)25-21(24-17)28-12-14-8-9-15(22)10-16(14)23/h4-11,13H,12H2,1-3H3. The Bertz CT molecular complexity index is 967. The molecule has 3 aromatic rings. The molecule has 0 atom stereocenters. The van der Waals surface area contributed by atoms with Crippen molar-refractivity contribution in [2.45, 2.75) is 30.7 Å². The van der Waals surface area contributed by atoms with Gasteiger partial charge in [-0.3, -0.25) is 0 Å². The molecule has 2 aromatic carbocycles. The number of hydrogen-bond donors (Lipinski definition) is 0. The van der Waals surface area contributed by atoms with Crippen LogP contribution in [-0.4, -0.2) is 17.1 Å². The highest BCUT2D eigenvalue weighted by Crippen LogP contribution is 2.32. The van der Waals surface area contributed by atoms with Crippen LogP contribution in [0.2, 0.25) is 0 Å². The molecule has 0 N–H and O–H groups in total. The summed E-state index contributed by atoms with van der Waals surface area (Å²) in [5, 5.41) is 0.458. The number of ether oxygens (including phenoxy) is 2. The summed E-state index contributed by atoms with van der Waals surface area (Å²) >= 11 is 1.26. The minimum atomic E-state index is -0.600. The van der Waals surface area contributed by atoms with Crippen LogP contribution in [-0.2, 0) is 5.75 Å². The lowest BCUT2D eigenvalue weighted by Gasteiger charge is -2.13. The Balaban J connectivity index is 1.85. The van der Waals surface area contributed by atoms with Gasteiger partial charge in [-0.15, -0.1) is 0 Å². The van der Waals surface area contributed by atoms with Gasteiger partial charge in [0.05, 0.1) is 12.8 Å². The number of rotatable bonds is 7. The van der Waals surface area contributed by atoms with Crippen molar-refractivity contribution >= 4 is 11.8 Å². The zero-order valence-electron chi connectivity index (χ0n) is 15.8. The van der Waals surface area contributed by atoms with Gasteiger partial charge in [-0.05, 0) is 29.7 Å². The second-order valence-electron chi connectivity index (χ2n) is 6.35. The molecule has 0 radical (unpaired) electrons. The molecule has 4 nitrogen and oxygen atoms in total. The Kier molecular flexibility index (Phi) is 6.46. The Morgan fingerprint density at radius 2 is 1.75 bits per heavy atom. The quantitative estimate of drug-likeness (QED) is 0.360. The number of thioether (sulfide) groups is 1. The molecule has 28 heavy (non-hydrogen) atoms. The SMILES string of the molecule is COc1ccccc1Oc1cc(C(C)C)nc(SCc2ccc(F)cc2F)n1. The van der Waals surface area contributed by atoms with E-state index in [1.165, 1.54) is 23.9 Å². The third-order valence-electron chi connectivity index (χ3n) is 3.95. The number of aromatic nitrogens is 2. The van der Waals surface area contributed by atoms with Gasteiger partial charge in [0.25, 0.3) is 0 Å². The van der Waals surface area contributed by atoms with Crippen LogP contribution < -0.4 is 9.47 Å². The van der Waals surface area contributed by atoms with E-state index >= 15 is 0 Å². The lowest BCUT2D eigenvalue weighted by Crippen LogP contribution is -2.00. The molecule has 0 aliphatic carbocycles. The van der Waals surface area contributed by atoms with Gasteiger partial charge in [0.1, 0.15) is 11.6 Å². The van der Waals surface area contributed by atoms with E-state index < -0.39 is 11.6 Å². The molecule has 3 rings (SSSR count). The average molecular weight is 402 g/mol. The third kappa shape index (κ3) is 4.98. The zero-order chi connectivity index (χ0) is 20.1. The van der Waals surface area contributed by atoms with Crippen molar-refractivity contribution in [1.29, 1.82) is 0 Å². The molecule has 1 heterocycles. The summed E-state index contributed by atoms with van der Waals surface area (Å²) in [7, 11) is 1.57. The molecule has 0 saturated heterocycles. The topological polar surface area (TPSA) is 44.2 Å². The van der Waals surface area contributed by atoms with E-state index in [2.05, 4.69) is 9.97 Å². The summed E-state index contributed by atoms with van der Waals surface area (Å²) in [6.45, 7) is 4.03. The number of para-hydroxylation sites is 2. The fourth-order valence-electron chi connectivity index (χ4n) is 2.43. The Hall–Kier alpha value is -2.67. The Morgan fingerprint density at radius 3 is 2.43 bits per heavy atom. The van der Waals surface area contributed by atoms with Crippen LogP contribution in [0.5, 0.6) is 17.4 Å². The third-order valence-corrected chi connectivity index (χ3v) is 4.85. The first kappa shape index (κ1) is 20.1. The van der Waals surface area contributed by atoms with E-state index in [4.69, 9.17) is 9.47 Å². The summed E-state index contributed by atoms with van der Waals surface area (Å²) < 4.78 is 38.2. The van der Waals surface area contributed by atoms with E-state index in [9.17, 15) is 8.78 Å². The minimum Gasteiger partial charge on any atom is -0.493 e. The molecule has 146 valence electrons. The highest BCUT2D eigenvalue weighted by molar-refractivity contribution is 7.98. The highest BCUT2D eigenvalue weighted by Gasteiger charge is 2.13. The maximum Gasteiger partial charge on any atom is 0.223 e. The van der Waals surface area contributed by atoms with Crippen LogP contribution in [0.15, 0.2) is 53.7 Å². The molecule has 7 heteroatoms. The average Bonchev–Trinajstić information content (AvgIpc) is 2.67. The van der Waals surface area contributed by atoms with Gasteiger partial charge in [0.15, 0.2) is 16.7 Å². The van der Waals surface area contributed by atoms with E-state index in [-0.39, 0.29) is 11.7 Å². The van der Waals surface area contributed by atoms with Crippen LogP contribution in [0.3, 0.4) is 0 Å². The van der Waals surface area contributed by atoms with Crippen molar-refractivity contribution < 1.29 is 18.3 Å². The molecule has 0 unspecified atom stereocenters. The molecule has 0 aliphatic heterocycles. The predicted molar refractivity (Wildman–Crippen MR) is 105 cm³/mol. The maximum absolute atomic E-state index is 13.9. The largest absolute Gasteiger partial charge is 0.493 e. The molecule has 0 bridgehead atoms. The maximum atomic E-state index is 13.9. The summed E-state index contributed by atoms with van der Waals surface area (Å²) in [5.41, 5.74) is 1.19. The Labute approximate surface area is 166 Å². The number of benzene rings is 2. The van der Waals surface area contributed by atoms with Crippen molar-refractivity contribution in [1.82, 2.24) is 9.97 Å². The predicted octanol–water partition coefficient (Wildman–Crippen LogP) is 5.97. The molecule has 0 saturated carbocycles. The first-order valence-corrected chi connectivity index (χ1v) is 9.71. The summed E-state index contributed by atoms with van der Waals surface area (Å²) in [6, 6.07) is 12.6. The van der Waals surface area contributed by atoms with Crippen molar-refractivity contribution in [2.24, 2.45) is 0 Å². The lowest BCUT2D eigenvalue weighted by atomic mass is 10.1. The summed E-state index contributed by atoms with van der Waals surface area (Å²) in [5.74, 6) is 0.764. The monoisotopic (exact) mass is 402 g/mol. The number of hydrogen-bond acceptors (Lipinski definition) is 5. The molecule has 0 aliphatic rings. The van der Waals surface area contributed by atoms with Gasteiger partial charge in [-0.1, -0.05) is 43.8 Å². The van der Waals surface area contributed by atoms with Crippen molar-refractivity contribution in [3.63, 3.8) is 0 Å². The first-order valence-electron chi connectivity index (χ1n) is 8.73. The van der Waals surface area contributed by atoms with Gasteiger partial charge < -0.3 is 9.47 Å². The molecule has 1 aromatic heterocycles. The van der Waals surface area contributed by atoms with Crippen LogP contribution in [0.25, 0.3) is 0 Å². The van der Waals surface area contributed by atoms with E-state index in [0.29, 0.717) is 28.1 Å². The van der Waals surface area contributed by atoms with Crippen molar-refractivity contribution in [3.8, 4) is 17.4 Å². The molecular weight excluding hydrogens is 382 g/mol. The molecule has 0 fully saturated rings. The summed E-state index contributed by atoms with van der Waals surface area (Å²) in [4.78, 5) is 8.95. The summed E-state index contributed by atoms with van der Waals surface area (Å²) in [6.07, 6.45) is 0. The van der Waals surface area contributed by atoms with Crippen LogP contribution in [0.1, 0.15) is 31.0 Å². The van der Waals surface area contributed by atoms with E-state index in [0.717, 1.165) is 11.8 Å². The first-order chi connectivity index (χ1) is 13.5. The second kappa shape index (κ2) is 9.01. The van der Waals surface area contributed by atoms with Gasteiger partial charge in [-0.25, -0.2) is 13.8 Å².